The Labute approximate surface area is 96.7 Å². The van der Waals surface area contributed by atoms with Crippen molar-refractivity contribution >= 4 is 5.78 Å². The van der Waals surface area contributed by atoms with Crippen molar-refractivity contribution < 1.29 is 9.18 Å². The summed E-state index contributed by atoms with van der Waals surface area (Å²) in [5.74, 6) is 0.828. The maximum absolute atomic E-state index is 12.7. The molecule has 0 N–H and O–H groups in total. The van der Waals surface area contributed by atoms with Crippen LogP contribution in [0.2, 0.25) is 0 Å². The third kappa shape index (κ3) is 4.13. The van der Waals surface area contributed by atoms with E-state index in [1.54, 1.807) is 19.1 Å². The van der Waals surface area contributed by atoms with Crippen molar-refractivity contribution in [1.82, 2.24) is 0 Å². The quantitative estimate of drug-likeness (QED) is 0.743. The predicted molar refractivity (Wildman–Crippen MR) is 63.7 cm³/mol. The highest BCUT2D eigenvalue weighted by Crippen LogP contribution is 2.21. The van der Waals surface area contributed by atoms with Gasteiger partial charge < -0.3 is 4.79 Å². The van der Waals surface area contributed by atoms with E-state index in [0.717, 1.165) is 12.0 Å². The van der Waals surface area contributed by atoms with Gasteiger partial charge in [0.2, 0.25) is 0 Å². The number of rotatable bonds is 5. The van der Waals surface area contributed by atoms with Gasteiger partial charge in [-0.3, -0.25) is 0 Å². The van der Waals surface area contributed by atoms with E-state index < -0.39 is 0 Å². The summed E-state index contributed by atoms with van der Waals surface area (Å²) in [6.07, 6.45) is 1.45. The number of carbonyl (C=O) groups excluding carboxylic acids is 1. The first kappa shape index (κ1) is 12.9. The number of Topliss-reactive ketones (excluding diaryl/α,β-unsaturated/α-hetero) is 1. The van der Waals surface area contributed by atoms with Crippen molar-refractivity contribution in [3.8, 4) is 0 Å². The normalized spacial score (nSPS) is 12.8. The Morgan fingerprint density at radius 2 is 1.81 bits per heavy atom. The Morgan fingerprint density at radius 1 is 1.25 bits per heavy atom. The van der Waals surface area contributed by atoms with Crippen molar-refractivity contribution in [1.29, 1.82) is 0 Å². The lowest BCUT2D eigenvalue weighted by Crippen LogP contribution is -2.15. The molecule has 2 heteroatoms. The number of halogens is 1. The van der Waals surface area contributed by atoms with Gasteiger partial charge in [-0.2, -0.15) is 0 Å². The second-order valence-electron chi connectivity index (χ2n) is 4.74. The van der Waals surface area contributed by atoms with Gasteiger partial charge in [0, 0.05) is 6.42 Å². The topological polar surface area (TPSA) is 17.1 Å². The van der Waals surface area contributed by atoms with E-state index in [9.17, 15) is 9.18 Å². The van der Waals surface area contributed by atoms with Gasteiger partial charge in [-0.25, -0.2) is 4.39 Å². The van der Waals surface area contributed by atoms with Crippen LogP contribution in [0.15, 0.2) is 24.3 Å². The van der Waals surface area contributed by atoms with E-state index in [-0.39, 0.29) is 11.6 Å². The molecule has 0 aliphatic rings. The first-order valence-electron chi connectivity index (χ1n) is 5.73. The minimum atomic E-state index is -0.212. The van der Waals surface area contributed by atoms with Crippen LogP contribution >= 0.6 is 0 Å². The van der Waals surface area contributed by atoms with Gasteiger partial charge in [0.05, 0.1) is 0 Å². The van der Waals surface area contributed by atoms with E-state index in [0.29, 0.717) is 18.3 Å². The molecule has 1 aromatic carbocycles. The second kappa shape index (κ2) is 5.78. The summed E-state index contributed by atoms with van der Waals surface area (Å²) >= 11 is 0. The molecule has 0 radical (unpaired) electrons. The zero-order valence-corrected chi connectivity index (χ0v) is 10.2. The monoisotopic (exact) mass is 222 g/mol. The Bertz CT molecular complexity index is 340. The molecular weight excluding hydrogens is 203 g/mol. The summed E-state index contributed by atoms with van der Waals surface area (Å²) in [5.41, 5.74) is 1.10. The maximum Gasteiger partial charge on any atom is 0.130 e. The summed E-state index contributed by atoms with van der Waals surface area (Å²) < 4.78 is 12.7. The Kier molecular flexibility index (Phi) is 4.66. The highest BCUT2D eigenvalue weighted by molar-refractivity contribution is 5.75. The Morgan fingerprint density at radius 3 is 2.25 bits per heavy atom. The number of ketones is 1. The van der Waals surface area contributed by atoms with Crippen LogP contribution in [-0.2, 0) is 11.2 Å². The van der Waals surface area contributed by atoms with Gasteiger partial charge >= 0.3 is 0 Å². The van der Waals surface area contributed by atoms with Crippen molar-refractivity contribution in [2.75, 3.05) is 0 Å². The molecule has 88 valence electrons. The van der Waals surface area contributed by atoms with Crippen LogP contribution in [0.1, 0.15) is 32.8 Å². The molecule has 1 atom stereocenters. The van der Waals surface area contributed by atoms with Crippen LogP contribution in [0.3, 0.4) is 0 Å². The molecule has 0 spiro atoms. The Balaban J connectivity index is 2.67. The van der Waals surface area contributed by atoms with Crippen LogP contribution < -0.4 is 0 Å². The number of carbonyl (C=O) groups is 1. The summed E-state index contributed by atoms with van der Waals surface area (Å²) in [4.78, 5) is 11.1. The molecule has 0 aliphatic carbocycles. The van der Waals surface area contributed by atoms with E-state index in [1.807, 2.05) is 0 Å². The molecule has 0 saturated heterocycles. The van der Waals surface area contributed by atoms with E-state index >= 15 is 0 Å². The van der Waals surface area contributed by atoms with Gasteiger partial charge in [0.25, 0.3) is 0 Å². The van der Waals surface area contributed by atoms with Gasteiger partial charge in [0.15, 0.2) is 0 Å². The molecule has 0 saturated carbocycles. The lowest BCUT2D eigenvalue weighted by Gasteiger charge is -2.19. The average molecular weight is 222 g/mol. The van der Waals surface area contributed by atoms with E-state index in [2.05, 4.69) is 13.8 Å². The van der Waals surface area contributed by atoms with Gasteiger partial charge in [0.1, 0.15) is 11.6 Å². The van der Waals surface area contributed by atoms with Crippen LogP contribution in [0.5, 0.6) is 0 Å². The van der Waals surface area contributed by atoms with Gasteiger partial charge in [-0.15, -0.1) is 0 Å². The standard InChI is InChI=1S/C14H19FO/c1-10(2)13(8-11(3)16)9-12-4-6-14(15)7-5-12/h4-7,10,13H,8-9H2,1-3H3. The first-order chi connectivity index (χ1) is 7.49. The fourth-order valence-corrected chi connectivity index (χ4v) is 1.84. The van der Waals surface area contributed by atoms with E-state index in [1.165, 1.54) is 12.1 Å². The second-order valence-corrected chi connectivity index (χ2v) is 4.74. The van der Waals surface area contributed by atoms with Crippen LogP contribution in [0, 0.1) is 17.7 Å². The molecule has 1 unspecified atom stereocenters. The summed E-state index contributed by atoms with van der Waals surface area (Å²) in [6.45, 7) is 5.87. The molecule has 0 bridgehead atoms. The highest BCUT2D eigenvalue weighted by Gasteiger charge is 2.16. The SMILES string of the molecule is CC(=O)CC(Cc1ccc(F)cc1)C(C)C. The van der Waals surface area contributed by atoms with Gasteiger partial charge in [-0.05, 0) is 42.9 Å². The summed E-state index contributed by atoms with van der Waals surface area (Å²) in [7, 11) is 0. The van der Waals surface area contributed by atoms with Crippen molar-refractivity contribution in [3.05, 3.63) is 35.6 Å². The number of hydrogen-bond acceptors (Lipinski definition) is 1. The first-order valence-corrected chi connectivity index (χ1v) is 5.73. The minimum absolute atomic E-state index is 0.212. The molecule has 1 nitrogen and oxygen atoms in total. The zero-order valence-electron chi connectivity index (χ0n) is 10.2. The highest BCUT2D eigenvalue weighted by atomic mass is 19.1. The molecule has 16 heavy (non-hydrogen) atoms. The maximum atomic E-state index is 12.7. The van der Waals surface area contributed by atoms with Crippen molar-refractivity contribution in [2.24, 2.45) is 11.8 Å². The predicted octanol–water partition coefficient (Wildman–Crippen LogP) is 3.62. The molecule has 0 amide bonds. The lowest BCUT2D eigenvalue weighted by molar-refractivity contribution is -0.118. The Hall–Kier alpha value is -1.18. The largest absolute Gasteiger partial charge is 0.300 e. The van der Waals surface area contributed by atoms with E-state index in [4.69, 9.17) is 0 Å². The molecule has 0 heterocycles. The van der Waals surface area contributed by atoms with Crippen LogP contribution in [-0.4, -0.2) is 5.78 Å². The number of hydrogen-bond donors (Lipinski definition) is 0. The summed E-state index contributed by atoms with van der Waals surface area (Å²) in [6, 6.07) is 6.54. The molecule has 1 rings (SSSR count). The molecule has 1 aromatic rings. The molecule has 0 fully saturated rings. The van der Waals surface area contributed by atoms with Crippen molar-refractivity contribution in [2.45, 2.75) is 33.6 Å². The minimum Gasteiger partial charge on any atom is -0.300 e. The number of benzene rings is 1. The molecule has 0 aromatic heterocycles. The lowest BCUT2D eigenvalue weighted by atomic mass is 9.85. The summed E-state index contributed by atoms with van der Waals surface area (Å²) in [5, 5.41) is 0. The average Bonchev–Trinajstić information content (AvgIpc) is 2.19. The molecule has 0 aliphatic heterocycles. The van der Waals surface area contributed by atoms with Crippen LogP contribution in [0.4, 0.5) is 4.39 Å². The molecular formula is C14H19FO. The van der Waals surface area contributed by atoms with Gasteiger partial charge in [-0.1, -0.05) is 26.0 Å². The van der Waals surface area contributed by atoms with Crippen molar-refractivity contribution in [3.63, 3.8) is 0 Å². The fraction of sp³-hybridized carbons (Fsp3) is 0.500. The van der Waals surface area contributed by atoms with Crippen LogP contribution in [0.25, 0.3) is 0 Å². The zero-order chi connectivity index (χ0) is 12.1. The fourth-order valence-electron chi connectivity index (χ4n) is 1.84. The third-order valence-corrected chi connectivity index (χ3v) is 2.90. The third-order valence-electron chi connectivity index (χ3n) is 2.90. The smallest absolute Gasteiger partial charge is 0.130 e.